The molecule has 8 heteroatoms. The number of ether oxygens (including phenoxy) is 2. The number of benzene rings is 1. The number of carbonyl (C=O) groups is 2. The number of piperazine rings is 1. The van der Waals surface area contributed by atoms with Crippen molar-refractivity contribution >= 4 is 24.2 Å². The zero-order valence-electron chi connectivity index (χ0n) is 16.4. The van der Waals surface area contributed by atoms with Gasteiger partial charge in [-0.3, -0.25) is 9.59 Å². The monoisotopic (exact) mass is 411 g/mol. The summed E-state index contributed by atoms with van der Waals surface area (Å²) in [5.41, 5.74) is 0.579. The molecule has 0 aliphatic carbocycles. The fraction of sp³-hybridized carbons (Fsp3) is 0.600. The zero-order chi connectivity index (χ0) is 19.1. The fourth-order valence-electron chi connectivity index (χ4n) is 3.45. The number of hydrogen-bond donors (Lipinski definition) is 1. The molecule has 0 aromatic heterocycles. The molecule has 1 N–H and O–H groups in total. The molecular weight excluding hydrogens is 382 g/mol. The third kappa shape index (κ3) is 5.75. The van der Waals surface area contributed by atoms with E-state index in [0.29, 0.717) is 36.8 Å². The molecule has 2 aliphatic heterocycles. The average molecular weight is 412 g/mol. The number of nitrogens with zero attached hydrogens (tertiary/aromatic N) is 2. The van der Waals surface area contributed by atoms with Crippen molar-refractivity contribution < 1.29 is 19.1 Å². The summed E-state index contributed by atoms with van der Waals surface area (Å²) in [4.78, 5) is 28.7. The lowest BCUT2D eigenvalue weighted by atomic mass is 10.1. The summed E-state index contributed by atoms with van der Waals surface area (Å²) < 4.78 is 11.4. The predicted octanol–water partition coefficient (Wildman–Crippen LogP) is 1.94. The number of rotatable bonds is 6. The van der Waals surface area contributed by atoms with Gasteiger partial charge in [-0.2, -0.15) is 0 Å². The lowest BCUT2D eigenvalue weighted by molar-refractivity contribution is -0.134. The summed E-state index contributed by atoms with van der Waals surface area (Å²) in [6, 6.07) is 5.19. The van der Waals surface area contributed by atoms with Gasteiger partial charge in [-0.05, 0) is 44.4 Å². The number of halogens is 1. The van der Waals surface area contributed by atoms with Crippen LogP contribution in [0, 0.1) is 0 Å². The largest absolute Gasteiger partial charge is 0.490 e. The highest BCUT2D eigenvalue weighted by Gasteiger charge is 2.21. The molecule has 2 amide bonds. The van der Waals surface area contributed by atoms with E-state index in [1.165, 1.54) is 6.42 Å². The van der Waals surface area contributed by atoms with Crippen LogP contribution < -0.4 is 14.8 Å². The number of nitrogens with one attached hydrogen (secondary N) is 1. The van der Waals surface area contributed by atoms with Crippen LogP contribution in [0.15, 0.2) is 18.2 Å². The molecule has 0 spiro atoms. The molecule has 0 radical (unpaired) electrons. The summed E-state index contributed by atoms with van der Waals surface area (Å²) >= 11 is 0. The highest BCUT2D eigenvalue weighted by molar-refractivity contribution is 5.95. The number of piperidine rings is 1. The van der Waals surface area contributed by atoms with Crippen LogP contribution >= 0.6 is 12.4 Å². The maximum Gasteiger partial charge on any atom is 0.260 e. The first-order valence-electron chi connectivity index (χ1n) is 9.86. The van der Waals surface area contributed by atoms with Crippen molar-refractivity contribution in [2.45, 2.75) is 26.2 Å². The molecule has 0 atom stereocenters. The lowest BCUT2D eigenvalue weighted by Gasteiger charge is -2.28. The summed E-state index contributed by atoms with van der Waals surface area (Å²) in [5, 5.41) is 3.24. The Morgan fingerprint density at radius 1 is 0.964 bits per heavy atom. The van der Waals surface area contributed by atoms with Gasteiger partial charge in [0.15, 0.2) is 18.1 Å². The molecular formula is C20H30ClN3O4. The van der Waals surface area contributed by atoms with Gasteiger partial charge in [-0.25, -0.2) is 0 Å². The summed E-state index contributed by atoms with van der Waals surface area (Å²) in [5.74, 6) is 0.996. The van der Waals surface area contributed by atoms with E-state index in [9.17, 15) is 9.59 Å². The Kier molecular flexibility index (Phi) is 8.86. The second-order valence-corrected chi connectivity index (χ2v) is 6.87. The molecule has 2 fully saturated rings. The first kappa shape index (κ1) is 22.3. The van der Waals surface area contributed by atoms with E-state index < -0.39 is 0 Å². The Labute approximate surface area is 172 Å². The summed E-state index contributed by atoms with van der Waals surface area (Å²) in [6.45, 7) is 6.96. The second-order valence-electron chi connectivity index (χ2n) is 6.87. The highest BCUT2D eigenvalue weighted by atomic mass is 35.5. The smallest absolute Gasteiger partial charge is 0.260 e. The fourth-order valence-corrected chi connectivity index (χ4v) is 3.45. The van der Waals surface area contributed by atoms with E-state index in [1.54, 1.807) is 18.2 Å². The molecule has 28 heavy (non-hydrogen) atoms. The van der Waals surface area contributed by atoms with E-state index in [0.717, 1.165) is 39.0 Å². The number of likely N-dealkylation sites (tertiary alicyclic amines) is 1. The Morgan fingerprint density at radius 2 is 1.68 bits per heavy atom. The molecule has 2 aliphatic rings. The predicted molar refractivity (Wildman–Crippen MR) is 110 cm³/mol. The van der Waals surface area contributed by atoms with Crippen LogP contribution in [0.5, 0.6) is 11.5 Å². The lowest BCUT2D eigenvalue weighted by Crippen LogP contribution is -2.46. The number of hydrogen-bond acceptors (Lipinski definition) is 5. The third-order valence-corrected chi connectivity index (χ3v) is 4.95. The third-order valence-electron chi connectivity index (χ3n) is 4.95. The molecule has 3 rings (SSSR count). The van der Waals surface area contributed by atoms with Crippen molar-refractivity contribution in [3.63, 3.8) is 0 Å². The van der Waals surface area contributed by atoms with Crippen LogP contribution in [0.1, 0.15) is 36.5 Å². The first-order chi connectivity index (χ1) is 13.2. The maximum absolute atomic E-state index is 12.7. The van der Waals surface area contributed by atoms with Gasteiger partial charge in [0.2, 0.25) is 0 Å². The Balaban J connectivity index is 0.00000280. The van der Waals surface area contributed by atoms with E-state index >= 15 is 0 Å². The average Bonchev–Trinajstić information content (AvgIpc) is 2.73. The van der Waals surface area contributed by atoms with Gasteiger partial charge in [0.25, 0.3) is 11.8 Å². The zero-order valence-corrected chi connectivity index (χ0v) is 17.3. The molecule has 2 saturated heterocycles. The van der Waals surface area contributed by atoms with Crippen LogP contribution in [0.4, 0.5) is 0 Å². The van der Waals surface area contributed by atoms with E-state index in [1.807, 2.05) is 16.7 Å². The van der Waals surface area contributed by atoms with Crippen LogP contribution in [0.25, 0.3) is 0 Å². The van der Waals surface area contributed by atoms with Crippen molar-refractivity contribution in [2.24, 2.45) is 0 Å². The van der Waals surface area contributed by atoms with E-state index in [4.69, 9.17) is 9.47 Å². The van der Waals surface area contributed by atoms with Crippen molar-refractivity contribution in [2.75, 3.05) is 52.5 Å². The van der Waals surface area contributed by atoms with Crippen molar-refractivity contribution in [1.29, 1.82) is 0 Å². The molecule has 0 unspecified atom stereocenters. The van der Waals surface area contributed by atoms with Gasteiger partial charge < -0.3 is 24.6 Å². The SMILES string of the molecule is CCOc1cc(C(=O)N2CCNCC2)ccc1OCC(=O)N1CCCCC1.Cl. The Bertz CT molecular complexity index is 659. The van der Waals surface area contributed by atoms with Gasteiger partial charge in [-0.1, -0.05) is 0 Å². The van der Waals surface area contributed by atoms with E-state index in [2.05, 4.69) is 5.32 Å². The summed E-state index contributed by atoms with van der Waals surface area (Å²) in [6.07, 6.45) is 3.29. The maximum atomic E-state index is 12.7. The van der Waals surface area contributed by atoms with Crippen LogP contribution in [0.2, 0.25) is 0 Å². The van der Waals surface area contributed by atoms with Crippen LogP contribution in [-0.4, -0.2) is 74.1 Å². The minimum atomic E-state index is -0.00877. The molecule has 7 nitrogen and oxygen atoms in total. The van der Waals surface area contributed by atoms with Crippen LogP contribution in [-0.2, 0) is 4.79 Å². The molecule has 1 aromatic rings. The van der Waals surface area contributed by atoms with E-state index in [-0.39, 0.29) is 30.8 Å². The van der Waals surface area contributed by atoms with Crippen LogP contribution in [0.3, 0.4) is 0 Å². The quantitative estimate of drug-likeness (QED) is 0.774. The molecule has 0 bridgehead atoms. The molecule has 156 valence electrons. The Hall–Kier alpha value is -1.99. The number of carbonyl (C=O) groups excluding carboxylic acids is 2. The topological polar surface area (TPSA) is 71.1 Å². The first-order valence-corrected chi connectivity index (χ1v) is 9.86. The second kappa shape index (κ2) is 11.1. The van der Waals surface area contributed by atoms with Gasteiger partial charge in [0.1, 0.15) is 0 Å². The van der Waals surface area contributed by atoms with Gasteiger partial charge in [0.05, 0.1) is 6.61 Å². The molecule has 1 aromatic carbocycles. The highest BCUT2D eigenvalue weighted by Crippen LogP contribution is 2.29. The van der Waals surface area contributed by atoms with Crippen molar-refractivity contribution in [3.8, 4) is 11.5 Å². The van der Waals surface area contributed by atoms with Crippen molar-refractivity contribution in [1.82, 2.24) is 15.1 Å². The molecule has 2 heterocycles. The minimum absolute atomic E-state index is 0. The number of amides is 2. The van der Waals surface area contributed by atoms with Crippen molar-refractivity contribution in [3.05, 3.63) is 23.8 Å². The minimum Gasteiger partial charge on any atom is -0.490 e. The normalized spacial score (nSPS) is 16.9. The standard InChI is InChI=1S/C20H29N3O4.ClH/c1-2-26-18-14-16(20(25)23-12-8-21-9-13-23)6-7-17(18)27-15-19(24)22-10-4-3-5-11-22;/h6-7,14,21H,2-5,8-13,15H2,1H3;1H. The van der Waals surface area contributed by atoms with Gasteiger partial charge in [-0.15, -0.1) is 12.4 Å². The Morgan fingerprint density at radius 3 is 2.36 bits per heavy atom. The molecule has 0 saturated carbocycles. The van der Waals surface area contributed by atoms with Gasteiger partial charge >= 0.3 is 0 Å². The van der Waals surface area contributed by atoms with Gasteiger partial charge in [0, 0.05) is 44.8 Å². The summed E-state index contributed by atoms with van der Waals surface area (Å²) in [7, 11) is 0.